The van der Waals surface area contributed by atoms with Gasteiger partial charge in [0.25, 0.3) is 0 Å². The van der Waals surface area contributed by atoms with Crippen LogP contribution in [-0.4, -0.2) is 42.0 Å². The van der Waals surface area contributed by atoms with Crippen LogP contribution in [0.5, 0.6) is 0 Å². The molecule has 1 fully saturated rings. The minimum absolute atomic E-state index is 0.270. The highest BCUT2D eigenvalue weighted by molar-refractivity contribution is 5.65. The van der Waals surface area contributed by atoms with E-state index in [2.05, 4.69) is 6.07 Å². The fourth-order valence-corrected chi connectivity index (χ4v) is 1.70. The highest BCUT2D eigenvalue weighted by Gasteiger charge is 2.35. The molecule has 0 aromatic rings. The number of hydrogen-bond acceptors (Lipinski definition) is 4. The molecule has 1 amide bonds. The molecule has 1 aliphatic heterocycles. The summed E-state index contributed by atoms with van der Waals surface area (Å²) in [6.07, 6.45) is -0.329. The van der Waals surface area contributed by atoms with Crippen LogP contribution in [0.15, 0.2) is 0 Å². The van der Waals surface area contributed by atoms with E-state index in [1.807, 2.05) is 0 Å². The van der Waals surface area contributed by atoms with Gasteiger partial charge in [-0.05, 0) is 12.8 Å². The number of likely N-dealkylation sites (tertiary alicyclic amines) is 1. The molecule has 3 N–H and O–H groups in total. The third-order valence-corrected chi connectivity index (χ3v) is 2.38. The van der Waals surface area contributed by atoms with Crippen LogP contribution in [-0.2, 0) is 4.74 Å². The molecule has 0 spiro atoms. The molecule has 0 bridgehead atoms. The molecular formula is C9H15N3O3. The summed E-state index contributed by atoms with van der Waals surface area (Å²) in [7, 11) is 0. The summed E-state index contributed by atoms with van der Waals surface area (Å²) in [6, 6.07) is 2.08. The highest BCUT2D eigenvalue weighted by Crippen LogP contribution is 2.23. The Morgan fingerprint density at radius 1 is 1.73 bits per heavy atom. The van der Waals surface area contributed by atoms with Gasteiger partial charge < -0.3 is 15.6 Å². The molecule has 15 heavy (non-hydrogen) atoms. The average Bonchev–Trinajstić information content (AvgIpc) is 2.25. The first kappa shape index (κ1) is 11.8. The van der Waals surface area contributed by atoms with Gasteiger partial charge in [0.15, 0.2) is 6.23 Å². The van der Waals surface area contributed by atoms with Gasteiger partial charge in [-0.3, -0.25) is 4.90 Å². The van der Waals surface area contributed by atoms with Gasteiger partial charge in [-0.1, -0.05) is 0 Å². The van der Waals surface area contributed by atoms with Crippen LogP contribution >= 0.6 is 0 Å². The number of carbonyl (C=O) groups is 1. The van der Waals surface area contributed by atoms with E-state index < -0.39 is 12.3 Å². The molecule has 0 saturated carbocycles. The predicted molar refractivity (Wildman–Crippen MR) is 51.9 cm³/mol. The molecule has 6 nitrogen and oxygen atoms in total. The highest BCUT2D eigenvalue weighted by atomic mass is 16.5. The molecule has 0 aliphatic carbocycles. The van der Waals surface area contributed by atoms with Crippen molar-refractivity contribution in [2.45, 2.75) is 19.1 Å². The lowest BCUT2D eigenvalue weighted by Gasteiger charge is -2.36. The molecule has 0 aromatic carbocycles. The van der Waals surface area contributed by atoms with Crippen LogP contribution in [0.3, 0.4) is 0 Å². The second kappa shape index (κ2) is 5.53. The van der Waals surface area contributed by atoms with Gasteiger partial charge in [0.1, 0.15) is 0 Å². The van der Waals surface area contributed by atoms with Crippen molar-refractivity contribution in [3.63, 3.8) is 0 Å². The lowest BCUT2D eigenvalue weighted by atomic mass is 9.97. The van der Waals surface area contributed by atoms with Crippen molar-refractivity contribution < 1.29 is 14.6 Å². The molecule has 1 rings (SSSR count). The Balaban J connectivity index is 2.68. The van der Waals surface area contributed by atoms with Gasteiger partial charge in [-0.2, -0.15) is 5.26 Å². The van der Waals surface area contributed by atoms with Gasteiger partial charge in [-0.25, -0.2) is 4.79 Å². The quantitative estimate of drug-likeness (QED) is 0.697. The van der Waals surface area contributed by atoms with Gasteiger partial charge >= 0.3 is 6.09 Å². The van der Waals surface area contributed by atoms with Gasteiger partial charge in [0.05, 0.1) is 18.6 Å². The molecule has 0 radical (unpaired) electrons. The minimum atomic E-state index is -1.04. The lowest BCUT2D eigenvalue weighted by molar-refractivity contribution is -0.0832. The molecule has 1 saturated heterocycles. The number of piperidine rings is 1. The van der Waals surface area contributed by atoms with Crippen LogP contribution in [0.25, 0.3) is 0 Å². The Bertz CT molecular complexity index is 264. The normalized spacial score (nSPS) is 26.0. The van der Waals surface area contributed by atoms with E-state index in [0.29, 0.717) is 25.9 Å². The standard InChI is InChI=1S/C9H15N3O3/c10-3-5-15-8-7(6-11)2-1-4-12(8)9(13)14/h7-8H,1-5,10H2,(H,13,14). The Kier molecular flexibility index (Phi) is 4.34. The lowest BCUT2D eigenvalue weighted by Crippen LogP contribution is -2.49. The smallest absolute Gasteiger partial charge is 0.409 e. The second-order valence-electron chi connectivity index (χ2n) is 3.40. The Labute approximate surface area is 88.2 Å². The maximum Gasteiger partial charge on any atom is 0.409 e. The van der Waals surface area contributed by atoms with E-state index in [1.165, 1.54) is 4.90 Å². The van der Waals surface area contributed by atoms with Crippen LogP contribution in [0.2, 0.25) is 0 Å². The van der Waals surface area contributed by atoms with Crippen LogP contribution in [0.1, 0.15) is 12.8 Å². The summed E-state index contributed by atoms with van der Waals surface area (Å²) in [6.45, 7) is 1.01. The van der Waals surface area contributed by atoms with Gasteiger partial charge in [0.2, 0.25) is 0 Å². The summed E-state index contributed by atoms with van der Waals surface area (Å²) in [4.78, 5) is 12.1. The Morgan fingerprint density at radius 3 is 3.00 bits per heavy atom. The Morgan fingerprint density at radius 2 is 2.47 bits per heavy atom. The number of nitriles is 1. The molecule has 0 aromatic heterocycles. The van der Waals surface area contributed by atoms with Crippen molar-refractivity contribution in [3.05, 3.63) is 0 Å². The third kappa shape index (κ3) is 2.81. The SMILES string of the molecule is N#CC1CCCN(C(=O)O)C1OCCN. The number of nitrogens with two attached hydrogens (primary N) is 1. The zero-order valence-corrected chi connectivity index (χ0v) is 8.43. The first-order valence-electron chi connectivity index (χ1n) is 4.91. The number of nitrogens with zero attached hydrogens (tertiary/aromatic N) is 2. The van der Waals surface area contributed by atoms with Crippen molar-refractivity contribution in [1.29, 1.82) is 5.26 Å². The van der Waals surface area contributed by atoms with E-state index in [1.54, 1.807) is 0 Å². The van der Waals surface area contributed by atoms with E-state index in [0.717, 1.165) is 0 Å². The zero-order valence-electron chi connectivity index (χ0n) is 8.43. The van der Waals surface area contributed by atoms with E-state index in [9.17, 15) is 4.79 Å². The summed E-state index contributed by atoms with van der Waals surface area (Å²) >= 11 is 0. The average molecular weight is 213 g/mol. The maximum absolute atomic E-state index is 10.9. The van der Waals surface area contributed by atoms with Crippen molar-refractivity contribution in [3.8, 4) is 6.07 Å². The molecule has 1 heterocycles. The fraction of sp³-hybridized carbons (Fsp3) is 0.778. The van der Waals surface area contributed by atoms with E-state index in [4.69, 9.17) is 20.8 Å². The number of rotatable bonds is 3. The van der Waals surface area contributed by atoms with Crippen LogP contribution in [0.4, 0.5) is 4.79 Å². The van der Waals surface area contributed by atoms with Crippen LogP contribution in [0, 0.1) is 17.2 Å². The molecule has 1 aliphatic rings. The topological polar surface area (TPSA) is 99.6 Å². The number of amides is 1. The Hall–Kier alpha value is -1.32. The van der Waals surface area contributed by atoms with Crippen molar-refractivity contribution in [1.82, 2.24) is 4.90 Å². The molecule has 2 unspecified atom stereocenters. The maximum atomic E-state index is 10.9. The van der Waals surface area contributed by atoms with Gasteiger partial charge in [0, 0.05) is 13.1 Å². The fourth-order valence-electron chi connectivity index (χ4n) is 1.70. The third-order valence-electron chi connectivity index (χ3n) is 2.38. The summed E-state index contributed by atoms with van der Waals surface area (Å²) in [5.74, 6) is -0.388. The zero-order chi connectivity index (χ0) is 11.3. The summed E-state index contributed by atoms with van der Waals surface area (Å²) < 4.78 is 5.31. The van der Waals surface area contributed by atoms with Gasteiger partial charge in [-0.15, -0.1) is 0 Å². The number of hydrogen-bond donors (Lipinski definition) is 2. The first-order valence-corrected chi connectivity index (χ1v) is 4.91. The molecule has 6 heteroatoms. The second-order valence-corrected chi connectivity index (χ2v) is 3.40. The largest absolute Gasteiger partial charge is 0.465 e. The first-order chi connectivity index (χ1) is 7.20. The number of carboxylic acid groups (broad SMARTS) is 1. The van der Waals surface area contributed by atoms with Crippen molar-refractivity contribution >= 4 is 6.09 Å². The minimum Gasteiger partial charge on any atom is -0.465 e. The van der Waals surface area contributed by atoms with E-state index >= 15 is 0 Å². The predicted octanol–water partition coefficient (Wildman–Crippen LogP) is 0.201. The monoisotopic (exact) mass is 213 g/mol. The molecule has 2 atom stereocenters. The molecular weight excluding hydrogens is 198 g/mol. The summed E-state index contributed by atoms with van der Waals surface area (Å²) in [5.41, 5.74) is 5.28. The van der Waals surface area contributed by atoms with E-state index in [-0.39, 0.29) is 12.5 Å². The van der Waals surface area contributed by atoms with Crippen molar-refractivity contribution in [2.24, 2.45) is 11.7 Å². The van der Waals surface area contributed by atoms with Crippen LogP contribution < -0.4 is 5.73 Å². The number of ether oxygens (including phenoxy) is 1. The van der Waals surface area contributed by atoms with Crippen molar-refractivity contribution in [2.75, 3.05) is 19.7 Å². The molecule has 84 valence electrons. The summed E-state index contributed by atoms with van der Waals surface area (Å²) in [5, 5.41) is 17.8.